The van der Waals surface area contributed by atoms with Gasteiger partial charge in [0, 0.05) is 11.8 Å². The molecule has 14 heavy (non-hydrogen) atoms. The van der Waals surface area contributed by atoms with E-state index in [-0.39, 0.29) is 0 Å². The number of carbonyl (C=O) groups excluding carboxylic acids is 1. The maximum Gasteiger partial charge on any atom is 0.244 e. The first kappa shape index (κ1) is 10.2. The summed E-state index contributed by atoms with van der Waals surface area (Å²) in [5, 5.41) is 0. The maximum absolute atomic E-state index is 10.6. The van der Waals surface area contributed by atoms with E-state index in [4.69, 9.17) is 5.73 Å². The first-order valence-corrected chi connectivity index (χ1v) is 4.26. The third-order valence-electron chi connectivity index (χ3n) is 1.69. The molecule has 0 spiro atoms. The van der Waals surface area contributed by atoms with Gasteiger partial charge in [-0.1, -0.05) is 18.2 Å². The molecular weight excluding hydrogens is 176 g/mol. The molecule has 1 amide bonds. The first-order chi connectivity index (χ1) is 6.70. The molecule has 0 aliphatic carbocycles. The largest absolute Gasteiger partial charge is 0.366 e. The van der Waals surface area contributed by atoms with Crippen molar-refractivity contribution in [3.05, 3.63) is 47.8 Å². The Labute approximate surface area is 83.0 Å². The molecular formula is C11H12N2O. The SMILES string of the molecule is C/C(=C\C=C\c1ccccn1)C(N)=O. The summed E-state index contributed by atoms with van der Waals surface area (Å²) >= 11 is 0. The van der Waals surface area contributed by atoms with Gasteiger partial charge in [0.1, 0.15) is 0 Å². The van der Waals surface area contributed by atoms with Crippen LogP contribution in [-0.2, 0) is 4.79 Å². The van der Waals surface area contributed by atoms with Gasteiger partial charge >= 0.3 is 0 Å². The molecule has 0 radical (unpaired) electrons. The van der Waals surface area contributed by atoms with Crippen molar-refractivity contribution in [1.82, 2.24) is 4.98 Å². The highest BCUT2D eigenvalue weighted by atomic mass is 16.1. The van der Waals surface area contributed by atoms with E-state index in [1.807, 2.05) is 24.3 Å². The molecule has 72 valence electrons. The molecule has 0 saturated carbocycles. The van der Waals surface area contributed by atoms with E-state index >= 15 is 0 Å². The van der Waals surface area contributed by atoms with Crippen molar-refractivity contribution in [2.24, 2.45) is 5.73 Å². The van der Waals surface area contributed by atoms with Crippen LogP contribution in [-0.4, -0.2) is 10.9 Å². The monoisotopic (exact) mass is 188 g/mol. The van der Waals surface area contributed by atoms with Crippen LogP contribution in [0.4, 0.5) is 0 Å². The molecule has 0 aliphatic rings. The zero-order valence-corrected chi connectivity index (χ0v) is 7.97. The molecule has 0 aromatic carbocycles. The Hall–Kier alpha value is -1.90. The van der Waals surface area contributed by atoms with Crippen LogP contribution in [0.15, 0.2) is 42.1 Å². The summed E-state index contributed by atoms with van der Waals surface area (Å²) in [6, 6.07) is 5.63. The van der Waals surface area contributed by atoms with E-state index in [1.54, 1.807) is 25.3 Å². The van der Waals surface area contributed by atoms with Gasteiger partial charge in [0.2, 0.25) is 5.91 Å². The van der Waals surface area contributed by atoms with Crippen LogP contribution in [0, 0.1) is 0 Å². The normalized spacial score (nSPS) is 11.9. The van der Waals surface area contributed by atoms with Crippen molar-refractivity contribution >= 4 is 12.0 Å². The van der Waals surface area contributed by atoms with Gasteiger partial charge in [0.25, 0.3) is 0 Å². The number of hydrogen-bond acceptors (Lipinski definition) is 2. The zero-order valence-electron chi connectivity index (χ0n) is 7.97. The average molecular weight is 188 g/mol. The molecule has 2 N–H and O–H groups in total. The lowest BCUT2D eigenvalue weighted by Crippen LogP contribution is -2.11. The molecule has 1 aromatic heterocycles. The Kier molecular flexibility index (Phi) is 3.61. The molecule has 0 atom stereocenters. The summed E-state index contributed by atoms with van der Waals surface area (Å²) in [4.78, 5) is 14.7. The molecule has 1 rings (SSSR count). The molecule has 0 aliphatic heterocycles. The second-order valence-corrected chi connectivity index (χ2v) is 2.83. The number of rotatable bonds is 3. The fraction of sp³-hybridized carbons (Fsp3) is 0.0909. The molecule has 3 nitrogen and oxygen atoms in total. The number of nitrogens with zero attached hydrogens (tertiary/aromatic N) is 1. The van der Waals surface area contributed by atoms with Crippen LogP contribution in [0.2, 0.25) is 0 Å². The zero-order chi connectivity index (χ0) is 10.4. The van der Waals surface area contributed by atoms with E-state index in [9.17, 15) is 4.79 Å². The van der Waals surface area contributed by atoms with E-state index in [0.717, 1.165) is 5.69 Å². The highest BCUT2D eigenvalue weighted by Crippen LogP contribution is 1.98. The highest BCUT2D eigenvalue weighted by molar-refractivity contribution is 5.91. The average Bonchev–Trinajstić information content (AvgIpc) is 2.19. The molecule has 1 heterocycles. The number of amides is 1. The summed E-state index contributed by atoms with van der Waals surface area (Å²) in [6.07, 6.45) is 6.94. The van der Waals surface area contributed by atoms with E-state index < -0.39 is 5.91 Å². The Morgan fingerprint density at radius 2 is 2.29 bits per heavy atom. The minimum absolute atomic E-state index is 0.407. The Morgan fingerprint density at radius 3 is 2.86 bits per heavy atom. The number of primary amides is 1. The van der Waals surface area contributed by atoms with Gasteiger partial charge in [0.15, 0.2) is 0 Å². The minimum atomic E-state index is -0.407. The predicted molar refractivity (Wildman–Crippen MR) is 56.2 cm³/mol. The lowest BCUT2D eigenvalue weighted by atomic mass is 10.2. The van der Waals surface area contributed by atoms with Gasteiger partial charge in [0.05, 0.1) is 5.69 Å². The summed E-state index contributed by atoms with van der Waals surface area (Å²) < 4.78 is 0. The Balaban J connectivity index is 2.66. The number of nitrogens with two attached hydrogens (primary N) is 1. The first-order valence-electron chi connectivity index (χ1n) is 4.26. The van der Waals surface area contributed by atoms with Crippen LogP contribution in [0.25, 0.3) is 6.08 Å². The van der Waals surface area contributed by atoms with Gasteiger partial charge in [-0.2, -0.15) is 0 Å². The van der Waals surface area contributed by atoms with Crippen molar-refractivity contribution in [3.63, 3.8) is 0 Å². The standard InChI is InChI=1S/C11H12N2O/c1-9(11(12)14)5-4-7-10-6-2-3-8-13-10/h2-8H,1H3,(H2,12,14)/b7-4+,9-5+. The summed E-state index contributed by atoms with van der Waals surface area (Å²) in [5.41, 5.74) is 6.43. The van der Waals surface area contributed by atoms with Gasteiger partial charge in [-0.25, -0.2) is 0 Å². The molecule has 1 aromatic rings. The Morgan fingerprint density at radius 1 is 1.50 bits per heavy atom. The maximum atomic E-state index is 10.6. The number of allylic oxidation sites excluding steroid dienone is 2. The fourth-order valence-electron chi connectivity index (χ4n) is 0.848. The lowest BCUT2D eigenvalue weighted by molar-refractivity contribution is -0.114. The second-order valence-electron chi connectivity index (χ2n) is 2.83. The van der Waals surface area contributed by atoms with Crippen LogP contribution < -0.4 is 5.73 Å². The lowest BCUT2D eigenvalue weighted by Gasteiger charge is -1.90. The molecule has 0 bridgehead atoms. The van der Waals surface area contributed by atoms with Crippen LogP contribution in [0.1, 0.15) is 12.6 Å². The number of hydrogen-bond donors (Lipinski definition) is 1. The van der Waals surface area contributed by atoms with Crippen molar-refractivity contribution < 1.29 is 4.79 Å². The second kappa shape index (κ2) is 4.97. The third kappa shape index (κ3) is 3.23. The van der Waals surface area contributed by atoms with Crippen LogP contribution in [0.5, 0.6) is 0 Å². The number of pyridine rings is 1. The quantitative estimate of drug-likeness (QED) is 0.577. The predicted octanol–water partition coefficient (Wildman–Crippen LogP) is 1.53. The highest BCUT2D eigenvalue weighted by Gasteiger charge is 1.92. The van der Waals surface area contributed by atoms with Gasteiger partial charge in [-0.05, 0) is 25.1 Å². The molecule has 0 fully saturated rings. The fourth-order valence-corrected chi connectivity index (χ4v) is 0.848. The number of aromatic nitrogens is 1. The third-order valence-corrected chi connectivity index (χ3v) is 1.69. The number of carbonyl (C=O) groups is 1. The summed E-state index contributed by atoms with van der Waals surface area (Å²) in [6.45, 7) is 1.67. The topological polar surface area (TPSA) is 56.0 Å². The smallest absolute Gasteiger partial charge is 0.244 e. The molecule has 0 saturated heterocycles. The Bertz CT molecular complexity index is 366. The van der Waals surface area contributed by atoms with E-state index in [1.165, 1.54) is 0 Å². The van der Waals surface area contributed by atoms with E-state index in [2.05, 4.69) is 4.98 Å². The van der Waals surface area contributed by atoms with Gasteiger partial charge < -0.3 is 5.73 Å². The van der Waals surface area contributed by atoms with Crippen molar-refractivity contribution in [1.29, 1.82) is 0 Å². The summed E-state index contributed by atoms with van der Waals surface area (Å²) in [7, 11) is 0. The molecule has 0 unspecified atom stereocenters. The van der Waals surface area contributed by atoms with Crippen LogP contribution >= 0.6 is 0 Å². The summed E-state index contributed by atoms with van der Waals surface area (Å²) in [5.74, 6) is -0.407. The van der Waals surface area contributed by atoms with Crippen molar-refractivity contribution in [2.45, 2.75) is 6.92 Å². The van der Waals surface area contributed by atoms with E-state index in [0.29, 0.717) is 5.57 Å². The minimum Gasteiger partial charge on any atom is -0.366 e. The van der Waals surface area contributed by atoms with Crippen molar-refractivity contribution in [2.75, 3.05) is 0 Å². The molecule has 3 heteroatoms. The van der Waals surface area contributed by atoms with Gasteiger partial charge in [-0.15, -0.1) is 0 Å². The van der Waals surface area contributed by atoms with Gasteiger partial charge in [-0.3, -0.25) is 9.78 Å². The van der Waals surface area contributed by atoms with Crippen molar-refractivity contribution in [3.8, 4) is 0 Å². The van der Waals surface area contributed by atoms with Crippen LogP contribution in [0.3, 0.4) is 0 Å².